The first kappa shape index (κ1) is 30.0. The quantitative estimate of drug-likeness (QED) is 0.279. The van der Waals surface area contributed by atoms with E-state index in [1.807, 2.05) is 30.3 Å². The monoisotopic (exact) mass is 548 g/mol. The molecule has 3 aromatic carbocycles. The van der Waals surface area contributed by atoms with Crippen molar-refractivity contribution >= 4 is 29.0 Å². The van der Waals surface area contributed by atoms with Crippen LogP contribution in [0, 0.1) is 5.92 Å². The molecule has 2 atom stereocenters. The van der Waals surface area contributed by atoms with Gasteiger partial charge in [0, 0.05) is 22.7 Å². The predicted molar refractivity (Wildman–Crippen MR) is 167 cm³/mol. The summed E-state index contributed by atoms with van der Waals surface area (Å²) in [5.74, 6) is 1.69. The second-order valence-electron chi connectivity index (χ2n) is 11.4. The fourth-order valence-electron chi connectivity index (χ4n) is 4.63. The lowest BCUT2D eigenvalue weighted by atomic mass is 9.84. The number of amidine groups is 1. The van der Waals surface area contributed by atoms with Crippen LogP contribution >= 0.6 is 23.2 Å². The Morgan fingerprint density at radius 2 is 1.45 bits per heavy atom. The average molecular weight is 550 g/mol. The number of rotatable bonds is 6. The van der Waals surface area contributed by atoms with Crippen molar-refractivity contribution in [2.24, 2.45) is 10.9 Å². The van der Waals surface area contributed by atoms with Crippen LogP contribution in [0.4, 0.5) is 0 Å². The van der Waals surface area contributed by atoms with Crippen molar-refractivity contribution < 1.29 is 0 Å². The van der Waals surface area contributed by atoms with Crippen molar-refractivity contribution in [2.45, 2.75) is 71.9 Å². The summed E-state index contributed by atoms with van der Waals surface area (Å²) in [6.07, 6.45) is 4.04. The van der Waals surface area contributed by atoms with Gasteiger partial charge in [-0.3, -0.25) is 4.99 Å². The van der Waals surface area contributed by atoms with E-state index in [0.717, 1.165) is 34.3 Å². The molecule has 0 spiro atoms. The minimum atomic E-state index is -0.0276. The molecule has 4 heteroatoms. The number of likely N-dealkylation sites (N-methyl/N-ethyl adjacent to an activating group) is 1. The van der Waals surface area contributed by atoms with Gasteiger partial charge in [-0.25, -0.2) is 0 Å². The van der Waals surface area contributed by atoms with Crippen molar-refractivity contribution in [1.82, 2.24) is 4.90 Å². The van der Waals surface area contributed by atoms with Crippen molar-refractivity contribution in [2.75, 3.05) is 7.05 Å². The number of nitrogens with zero attached hydrogens (tertiary/aromatic N) is 2. The molecule has 3 aromatic rings. The van der Waals surface area contributed by atoms with Crippen LogP contribution in [-0.2, 0) is 11.8 Å². The Morgan fingerprint density at radius 1 is 0.921 bits per heavy atom. The molecule has 202 valence electrons. The minimum absolute atomic E-state index is 0.0276. The van der Waals surface area contributed by atoms with E-state index < -0.39 is 0 Å². The summed E-state index contributed by atoms with van der Waals surface area (Å²) < 4.78 is 0. The van der Waals surface area contributed by atoms with E-state index in [4.69, 9.17) is 28.2 Å². The molecular formula is C34H42Cl2N2. The number of benzene rings is 3. The van der Waals surface area contributed by atoms with Crippen LogP contribution in [0.3, 0.4) is 0 Å². The van der Waals surface area contributed by atoms with E-state index in [0.29, 0.717) is 5.92 Å². The summed E-state index contributed by atoms with van der Waals surface area (Å²) >= 11 is 12.4. The SMILES string of the molecule is C=CC(C)C.CCCc1cc(C(C)(C)C)ccc1C1=NC(c2ccc(Cl)cc2)C(c2ccc(Cl)cc2)N1C. The van der Waals surface area contributed by atoms with Crippen molar-refractivity contribution in [1.29, 1.82) is 0 Å². The minimum Gasteiger partial charge on any atom is -0.350 e. The van der Waals surface area contributed by atoms with Gasteiger partial charge in [0.2, 0.25) is 0 Å². The second-order valence-corrected chi connectivity index (χ2v) is 12.3. The van der Waals surface area contributed by atoms with Gasteiger partial charge < -0.3 is 4.90 Å². The standard InChI is InChI=1S/C29H32Cl2N2.C5H10/c1-6-7-21-18-22(29(2,3)4)12-17-25(21)28-32-26(19-8-13-23(30)14-9-19)27(33(28)5)20-10-15-24(31)16-11-20;1-4-5(2)3/h8-18,26-27H,6-7H2,1-5H3;4-5H,1H2,2-3H3. The third-order valence-electron chi connectivity index (χ3n) is 6.94. The van der Waals surface area contributed by atoms with E-state index in [1.165, 1.54) is 22.3 Å². The van der Waals surface area contributed by atoms with E-state index in [1.54, 1.807) is 0 Å². The summed E-state index contributed by atoms with van der Waals surface area (Å²) in [6.45, 7) is 16.8. The molecule has 0 bridgehead atoms. The molecule has 1 aliphatic rings. The Labute approximate surface area is 240 Å². The first-order valence-electron chi connectivity index (χ1n) is 13.5. The molecule has 0 radical (unpaired) electrons. The maximum Gasteiger partial charge on any atom is 0.132 e. The number of allylic oxidation sites excluding steroid dienone is 1. The first-order chi connectivity index (χ1) is 18.0. The van der Waals surface area contributed by atoms with Crippen molar-refractivity contribution in [3.05, 3.63) is 117 Å². The van der Waals surface area contributed by atoms with E-state index >= 15 is 0 Å². The van der Waals surface area contributed by atoms with E-state index in [9.17, 15) is 0 Å². The lowest BCUT2D eigenvalue weighted by Gasteiger charge is -2.29. The molecule has 0 aliphatic carbocycles. The van der Waals surface area contributed by atoms with Gasteiger partial charge in [-0.05, 0) is 64.3 Å². The fourth-order valence-corrected chi connectivity index (χ4v) is 4.89. The number of hydrogen-bond donors (Lipinski definition) is 0. The molecule has 38 heavy (non-hydrogen) atoms. The third-order valence-corrected chi connectivity index (χ3v) is 7.44. The van der Waals surface area contributed by atoms with Crippen LogP contribution < -0.4 is 0 Å². The highest BCUT2D eigenvalue weighted by atomic mass is 35.5. The number of halogens is 2. The van der Waals surface area contributed by atoms with Crippen LogP contribution in [0.25, 0.3) is 0 Å². The van der Waals surface area contributed by atoms with Crippen LogP contribution in [0.1, 0.15) is 87.9 Å². The molecule has 0 saturated carbocycles. The Balaban J connectivity index is 0.000000732. The zero-order chi connectivity index (χ0) is 28.0. The summed E-state index contributed by atoms with van der Waals surface area (Å²) in [6, 6.07) is 23.2. The maximum absolute atomic E-state index is 6.20. The van der Waals surface area contributed by atoms with Crippen LogP contribution in [0.2, 0.25) is 10.0 Å². The smallest absolute Gasteiger partial charge is 0.132 e. The van der Waals surface area contributed by atoms with E-state index in [-0.39, 0.29) is 17.5 Å². The third kappa shape index (κ3) is 7.30. The van der Waals surface area contributed by atoms with Crippen molar-refractivity contribution in [3.8, 4) is 0 Å². The molecule has 0 amide bonds. The summed E-state index contributed by atoms with van der Waals surface area (Å²) in [5.41, 5.74) is 6.42. The highest BCUT2D eigenvalue weighted by Crippen LogP contribution is 2.43. The summed E-state index contributed by atoms with van der Waals surface area (Å²) in [5, 5.41) is 1.48. The Morgan fingerprint density at radius 3 is 1.92 bits per heavy atom. The van der Waals surface area contributed by atoms with Gasteiger partial charge >= 0.3 is 0 Å². The molecule has 0 N–H and O–H groups in total. The molecular weight excluding hydrogens is 507 g/mol. The van der Waals surface area contributed by atoms with Gasteiger partial charge in [-0.15, -0.1) is 6.58 Å². The normalized spacial score (nSPS) is 17.2. The van der Waals surface area contributed by atoms with Crippen LogP contribution in [0.15, 0.2) is 84.4 Å². The number of aliphatic imine (C=N–C) groups is 1. The highest BCUT2D eigenvalue weighted by molar-refractivity contribution is 6.30. The van der Waals surface area contributed by atoms with Gasteiger partial charge in [0.05, 0.1) is 6.04 Å². The van der Waals surface area contributed by atoms with Gasteiger partial charge in [-0.2, -0.15) is 0 Å². The Bertz CT molecular complexity index is 1230. The van der Waals surface area contributed by atoms with Gasteiger partial charge in [0.25, 0.3) is 0 Å². The number of aryl methyl sites for hydroxylation is 1. The Kier molecular flexibility index (Phi) is 10.3. The molecule has 0 saturated heterocycles. The van der Waals surface area contributed by atoms with Crippen LogP contribution in [0.5, 0.6) is 0 Å². The highest BCUT2D eigenvalue weighted by Gasteiger charge is 2.37. The van der Waals surface area contributed by atoms with Gasteiger partial charge in [-0.1, -0.05) is 120 Å². The van der Waals surface area contributed by atoms with Crippen molar-refractivity contribution in [3.63, 3.8) is 0 Å². The second kappa shape index (κ2) is 13.0. The summed E-state index contributed by atoms with van der Waals surface area (Å²) in [4.78, 5) is 7.65. The average Bonchev–Trinajstić information content (AvgIpc) is 3.21. The van der Waals surface area contributed by atoms with Crippen LogP contribution in [-0.4, -0.2) is 17.8 Å². The largest absolute Gasteiger partial charge is 0.350 e. The lowest BCUT2D eigenvalue weighted by Crippen LogP contribution is -2.29. The predicted octanol–water partition coefficient (Wildman–Crippen LogP) is 10.2. The lowest BCUT2D eigenvalue weighted by molar-refractivity contribution is 0.364. The zero-order valence-corrected chi connectivity index (χ0v) is 25.4. The molecule has 2 unspecified atom stereocenters. The molecule has 0 fully saturated rings. The van der Waals surface area contributed by atoms with Gasteiger partial charge in [0.1, 0.15) is 11.9 Å². The van der Waals surface area contributed by atoms with Gasteiger partial charge in [0.15, 0.2) is 0 Å². The zero-order valence-electron chi connectivity index (χ0n) is 23.9. The summed E-state index contributed by atoms with van der Waals surface area (Å²) in [7, 11) is 2.15. The molecule has 1 aliphatic heterocycles. The maximum atomic E-state index is 6.20. The molecule has 1 heterocycles. The molecule has 2 nitrogen and oxygen atoms in total. The molecule has 0 aromatic heterocycles. The fraction of sp³-hybridized carbons (Fsp3) is 0.382. The topological polar surface area (TPSA) is 15.6 Å². The van der Waals surface area contributed by atoms with E-state index in [2.05, 4.69) is 103 Å². The molecule has 4 rings (SSSR count). The number of hydrogen-bond acceptors (Lipinski definition) is 2. The first-order valence-corrected chi connectivity index (χ1v) is 14.3. The Hall–Kier alpha value is -2.55.